The van der Waals surface area contributed by atoms with Gasteiger partial charge in [-0.1, -0.05) is 6.08 Å². The van der Waals surface area contributed by atoms with Gasteiger partial charge in [0.05, 0.1) is 17.3 Å². The molecule has 9 nitrogen and oxygen atoms in total. The minimum absolute atomic E-state index is 0.0117. The Morgan fingerprint density at radius 1 is 1.34 bits per heavy atom. The van der Waals surface area contributed by atoms with Crippen LogP contribution in [0.4, 0.5) is 9.18 Å². The molecule has 1 amide bonds. The summed E-state index contributed by atoms with van der Waals surface area (Å²) in [5.41, 5.74) is 3.42. The average molecular weight is 525 g/mol. The van der Waals surface area contributed by atoms with E-state index in [2.05, 4.69) is 25.9 Å². The summed E-state index contributed by atoms with van der Waals surface area (Å²) < 4.78 is 46.8. The van der Waals surface area contributed by atoms with Crippen molar-refractivity contribution in [2.24, 2.45) is 0 Å². The van der Waals surface area contributed by atoms with E-state index in [4.69, 9.17) is 9.84 Å². The number of nitrogens with zero attached hydrogens (tertiary/aromatic N) is 2. The number of amides is 1. The Balaban J connectivity index is 1.75. The van der Waals surface area contributed by atoms with Crippen molar-refractivity contribution >= 4 is 48.8 Å². The third-order valence-electron chi connectivity index (χ3n) is 5.13. The molecule has 168 valence electrons. The predicted molar refractivity (Wildman–Crippen MR) is 120 cm³/mol. The first-order valence-electron chi connectivity index (χ1n) is 9.41. The highest BCUT2D eigenvalue weighted by atomic mass is 79.9. The fraction of sp³-hybridized carbons (Fsp3) is 0.200. The molecule has 3 aromatic rings. The van der Waals surface area contributed by atoms with Gasteiger partial charge in [-0.2, -0.15) is 12.7 Å². The van der Waals surface area contributed by atoms with Crippen LogP contribution in [0.25, 0.3) is 27.7 Å². The molecule has 0 spiro atoms. The number of halogens is 2. The number of H-pyrrole nitrogens is 1. The first-order valence-corrected chi connectivity index (χ1v) is 11.6. The molecule has 0 bridgehead atoms. The summed E-state index contributed by atoms with van der Waals surface area (Å²) in [7, 11) is -2.61. The van der Waals surface area contributed by atoms with E-state index in [1.54, 1.807) is 24.4 Å². The Bertz CT molecular complexity index is 1360. The minimum Gasteiger partial charge on any atom is -0.496 e. The smallest absolute Gasteiger partial charge is 0.419 e. The highest BCUT2D eigenvalue weighted by Crippen LogP contribution is 2.41. The second-order valence-electron chi connectivity index (χ2n) is 6.99. The summed E-state index contributed by atoms with van der Waals surface area (Å²) in [6.45, 7) is 0.117. The number of hydrogen-bond acceptors (Lipinski definition) is 5. The van der Waals surface area contributed by atoms with Gasteiger partial charge in [-0.05, 0) is 57.8 Å². The number of rotatable bonds is 5. The normalized spacial score (nSPS) is 14.9. The maximum Gasteiger partial charge on any atom is 0.419 e. The summed E-state index contributed by atoms with van der Waals surface area (Å²) in [5, 5.41) is 9.45. The van der Waals surface area contributed by atoms with Gasteiger partial charge in [0.1, 0.15) is 17.2 Å². The van der Waals surface area contributed by atoms with Crippen molar-refractivity contribution in [2.75, 3.05) is 20.2 Å². The Morgan fingerprint density at radius 3 is 2.78 bits per heavy atom. The van der Waals surface area contributed by atoms with Crippen molar-refractivity contribution < 1.29 is 27.4 Å². The zero-order valence-electron chi connectivity index (χ0n) is 16.7. The first kappa shape index (κ1) is 22.2. The fourth-order valence-corrected chi connectivity index (χ4v) is 5.39. The Morgan fingerprint density at radius 2 is 2.12 bits per heavy atom. The van der Waals surface area contributed by atoms with Gasteiger partial charge in [0.2, 0.25) is 0 Å². The number of nitrogens with one attached hydrogen (secondary N) is 2. The molecule has 3 heterocycles. The Labute approximate surface area is 191 Å². The number of aromatic nitrogens is 2. The molecule has 1 aliphatic rings. The van der Waals surface area contributed by atoms with Crippen molar-refractivity contribution in [2.45, 2.75) is 6.42 Å². The van der Waals surface area contributed by atoms with Crippen LogP contribution >= 0.6 is 15.9 Å². The van der Waals surface area contributed by atoms with Gasteiger partial charge >= 0.3 is 16.3 Å². The van der Waals surface area contributed by atoms with Gasteiger partial charge in [0.15, 0.2) is 0 Å². The van der Waals surface area contributed by atoms with E-state index in [0.717, 1.165) is 21.0 Å². The topological polar surface area (TPSA) is 125 Å². The van der Waals surface area contributed by atoms with Crippen LogP contribution in [-0.2, 0) is 10.2 Å². The molecule has 0 unspecified atom stereocenters. The molecule has 2 aromatic heterocycles. The van der Waals surface area contributed by atoms with Crippen LogP contribution < -0.4 is 9.46 Å². The molecular weight excluding hydrogens is 507 g/mol. The first-order chi connectivity index (χ1) is 15.2. The number of carbonyl (C=O) groups is 1. The maximum absolute atomic E-state index is 14.0. The molecule has 0 saturated carbocycles. The fourth-order valence-electron chi connectivity index (χ4n) is 3.68. The summed E-state index contributed by atoms with van der Waals surface area (Å²) in [6.07, 6.45) is 2.03. The quantitative estimate of drug-likeness (QED) is 0.466. The zero-order chi connectivity index (χ0) is 23.0. The van der Waals surface area contributed by atoms with E-state index in [9.17, 15) is 17.6 Å². The number of carboxylic acid groups (broad SMARTS) is 1. The monoisotopic (exact) mass is 524 g/mol. The van der Waals surface area contributed by atoms with Crippen LogP contribution in [0.1, 0.15) is 12.1 Å². The standard InChI is InChI=1S/C20H18BrFN4O5S/c1-31-15-3-2-12(22)10-14(15)13-4-7-23-19-16(13)17(21)18(24-19)11-5-8-26(9-6-11)32(29,30)25-20(27)28/h2-5,7,10,25H,6,8-9H2,1H3,(H,23,24)(H,27,28). The lowest BCUT2D eigenvalue weighted by Gasteiger charge is -2.25. The van der Waals surface area contributed by atoms with E-state index < -0.39 is 22.1 Å². The summed E-state index contributed by atoms with van der Waals surface area (Å²) in [5.74, 6) is 0.112. The van der Waals surface area contributed by atoms with Crippen molar-refractivity contribution in [3.8, 4) is 16.9 Å². The number of fused-ring (bicyclic) bond motifs is 1. The van der Waals surface area contributed by atoms with Crippen molar-refractivity contribution in [3.63, 3.8) is 0 Å². The van der Waals surface area contributed by atoms with Gasteiger partial charge in [-0.25, -0.2) is 18.9 Å². The Kier molecular flexibility index (Phi) is 5.93. The molecular formula is C20H18BrFN4O5S. The second-order valence-corrected chi connectivity index (χ2v) is 9.45. The number of pyridine rings is 1. The molecule has 0 fully saturated rings. The molecule has 0 atom stereocenters. The largest absolute Gasteiger partial charge is 0.496 e. The average Bonchev–Trinajstić information content (AvgIpc) is 3.09. The van der Waals surface area contributed by atoms with Crippen molar-refractivity contribution in [1.82, 2.24) is 19.0 Å². The third kappa shape index (κ3) is 4.08. The molecule has 1 aromatic carbocycles. The number of methoxy groups -OCH3 is 1. The summed E-state index contributed by atoms with van der Waals surface area (Å²) in [4.78, 5) is 18.3. The van der Waals surface area contributed by atoms with Crippen molar-refractivity contribution in [3.05, 3.63) is 52.5 Å². The van der Waals surface area contributed by atoms with Crippen LogP contribution in [0.5, 0.6) is 5.75 Å². The summed E-state index contributed by atoms with van der Waals surface area (Å²) >= 11 is 3.62. The number of ether oxygens (including phenoxy) is 1. The molecule has 0 aliphatic carbocycles. The predicted octanol–water partition coefficient (Wildman–Crippen LogP) is 3.74. The highest BCUT2D eigenvalue weighted by Gasteiger charge is 2.28. The molecule has 4 rings (SSSR count). The van der Waals surface area contributed by atoms with Crippen LogP contribution in [-0.4, -0.2) is 54.1 Å². The van der Waals surface area contributed by atoms with Crippen LogP contribution in [0.15, 0.2) is 41.0 Å². The summed E-state index contributed by atoms with van der Waals surface area (Å²) in [6, 6.07) is 6.04. The second kappa shape index (κ2) is 8.52. The molecule has 0 saturated heterocycles. The van der Waals surface area contributed by atoms with Gasteiger partial charge in [-0.3, -0.25) is 0 Å². The third-order valence-corrected chi connectivity index (χ3v) is 7.37. The van der Waals surface area contributed by atoms with Crippen LogP contribution in [0.2, 0.25) is 0 Å². The number of aromatic amines is 1. The molecule has 3 N–H and O–H groups in total. The molecule has 32 heavy (non-hydrogen) atoms. The van der Waals surface area contributed by atoms with E-state index in [1.165, 1.54) is 24.0 Å². The number of benzene rings is 1. The lowest BCUT2D eigenvalue weighted by atomic mass is 10.0. The van der Waals surface area contributed by atoms with Gasteiger partial charge in [0, 0.05) is 30.2 Å². The van der Waals surface area contributed by atoms with E-state index in [-0.39, 0.29) is 13.1 Å². The Hall–Kier alpha value is -2.96. The zero-order valence-corrected chi connectivity index (χ0v) is 19.1. The van der Waals surface area contributed by atoms with E-state index in [1.807, 2.05) is 0 Å². The highest BCUT2D eigenvalue weighted by molar-refractivity contribution is 9.10. The maximum atomic E-state index is 14.0. The lowest BCUT2D eigenvalue weighted by Crippen LogP contribution is -2.44. The SMILES string of the molecule is COc1ccc(F)cc1-c1ccnc2[nH]c(C3=CCN(S(=O)(=O)NC(=O)O)CC3)c(Br)c12. The van der Waals surface area contributed by atoms with E-state index in [0.29, 0.717) is 33.4 Å². The molecule has 12 heteroatoms. The van der Waals surface area contributed by atoms with E-state index >= 15 is 0 Å². The van der Waals surface area contributed by atoms with Gasteiger partial charge in [0.25, 0.3) is 0 Å². The minimum atomic E-state index is -4.12. The van der Waals surface area contributed by atoms with Gasteiger partial charge < -0.3 is 14.8 Å². The molecule has 1 aliphatic heterocycles. The number of hydrogen-bond donors (Lipinski definition) is 3. The van der Waals surface area contributed by atoms with Gasteiger partial charge in [-0.15, -0.1) is 0 Å². The van der Waals surface area contributed by atoms with Crippen LogP contribution in [0.3, 0.4) is 0 Å². The lowest BCUT2D eigenvalue weighted by molar-refractivity contribution is 0.200. The van der Waals surface area contributed by atoms with Crippen LogP contribution in [0, 0.1) is 5.82 Å². The van der Waals surface area contributed by atoms with Crippen molar-refractivity contribution in [1.29, 1.82) is 0 Å². The molecule has 0 radical (unpaired) electrons.